The van der Waals surface area contributed by atoms with E-state index in [1.54, 1.807) is 16.4 Å². The number of para-hydroxylation sites is 1. The third kappa shape index (κ3) is 3.33. The molecular formula is C13H19N5S. The first-order chi connectivity index (χ1) is 9.26. The lowest BCUT2D eigenvalue weighted by atomic mass is 10.2. The lowest BCUT2D eigenvalue weighted by Gasteiger charge is -2.20. The van der Waals surface area contributed by atoms with Gasteiger partial charge in [0.05, 0.1) is 5.69 Å². The Labute approximate surface area is 117 Å². The van der Waals surface area contributed by atoms with Gasteiger partial charge in [0.15, 0.2) is 0 Å². The number of nitrogens with one attached hydrogen (secondary N) is 1. The first-order valence-corrected chi connectivity index (χ1v) is 7.32. The van der Waals surface area contributed by atoms with Crippen molar-refractivity contribution < 1.29 is 0 Å². The smallest absolute Gasteiger partial charge is 0.214 e. The number of rotatable bonds is 6. The van der Waals surface area contributed by atoms with Gasteiger partial charge in [-0.3, -0.25) is 0 Å². The van der Waals surface area contributed by atoms with E-state index in [0.717, 1.165) is 17.3 Å². The largest absolute Gasteiger partial charge is 0.316 e. The highest BCUT2D eigenvalue weighted by Crippen LogP contribution is 2.25. The molecule has 2 aromatic rings. The fraction of sp³-hybridized carbons (Fsp3) is 0.462. The van der Waals surface area contributed by atoms with Gasteiger partial charge in [0, 0.05) is 11.3 Å². The maximum atomic E-state index is 4.12. The first-order valence-electron chi connectivity index (χ1n) is 6.44. The molecule has 0 radical (unpaired) electrons. The summed E-state index contributed by atoms with van der Waals surface area (Å²) in [7, 11) is 1.99. The zero-order chi connectivity index (χ0) is 13.7. The lowest BCUT2D eigenvalue weighted by Crippen LogP contribution is -2.33. The second-order valence-corrected chi connectivity index (χ2v) is 5.68. The van der Waals surface area contributed by atoms with Crippen LogP contribution in [0.15, 0.2) is 35.5 Å². The summed E-state index contributed by atoms with van der Waals surface area (Å²) in [6.07, 6.45) is 1.08. The molecule has 0 bridgehead atoms. The molecule has 0 aliphatic carbocycles. The monoisotopic (exact) mass is 277 g/mol. The molecule has 1 aromatic heterocycles. The van der Waals surface area contributed by atoms with Crippen LogP contribution in [0.2, 0.25) is 0 Å². The van der Waals surface area contributed by atoms with Gasteiger partial charge in [-0.25, -0.2) is 0 Å². The Kier molecular flexibility index (Phi) is 4.93. The van der Waals surface area contributed by atoms with Crippen molar-refractivity contribution in [1.82, 2.24) is 25.5 Å². The predicted molar refractivity (Wildman–Crippen MR) is 77.6 cm³/mol. The molecule has 2 atom stereocenters. The summed E-state index contributed by atoms with van der Waals surface area (Å²) in [4.78, 5) is 0. The third-order valence-electron chi connectivity index (χ3n) is 3.11. The van der Waals surface area contributed by atoms with E-state index in [4.69, 9.17) is 0 Å². The summed E-state index contributed by atoms with van der Waals surface area (Å²) in [5.41, 5.74) is 0.986. The standard InChI is InChI=1S/C13H19N5S/c1-4-12(14-3)10(2)19-13-15-16-17-18(13)11-8-6-5-7-9-11/h5-10,12,14H,4H2,1-3H3. The Morgan fingerprint density at radius 2 is 2.05 bits per heavy atom. The molecule has 1 heterocycles. The third-order valence-corrected chi connectivity index (χ3v) is 4.28. The minimum atomic E-state index is 0.406. The van der Waals surface area contributed by atoms with E-state index in [9.17, 15) is 0 Å². The molecule has 0 amide bonds. The van der Waals surface area contributed by atoms with E-state index in [1.165, 1.54) is 0 Å². The summed E-state index contributed by atoms with van der Waals surface area (Å²) in [5, 5.41) is 16.5. The second kappa shape index (κ2) is 6.68. The molecule has 5 nitrogen and oxygen atoms in total. The number of tetrazole rings is 1. The Morgan fingerprint density at radius 1 is 1.32 bits per heavy atom. The van der Waals surface area contributed by atoms with Crippen LogP contribution in [-0.4, -0.2) is 38.5 Å². The maximum Gasteiger partial charge on any atom is 0.214 e. The number of nitrogens with zero attached hydrogens (tertiary/aromatic N) is 4. The van der Waals surface area contributed by atoms with Gasteiger partial charge in [-0.1, -0.05) is 43.8 Å². The maximum absolute atomic E-state index is 4.12. The average Bonchev–Trinajstić information content (AvgIpc) is 2.89. The van der Waals surface area contributed by atoms with Crippen LogP contribution in [0, 0.1) is 0 Å². The van der Waals surface area contributed by atoms with Gasteiger partial charge in [0.25, 0.3) is 0 Å². The van der Waals surface area contributed by atoms with Crippen molar-refractivity contribution in [2.45, 2.75) is 36.7 Å². The van der Waals surface area contributed by atoms with Gasteiger partial charge in [-0.2, -0.15) is 4.68 Å². The summed E-state index contributed by atoms with van der Waals surface area (Å²) in [6, 6.07) is 10.4. The number of aromatic nitrogens is 4. The van der Waals surface area contributed by atoms with Gasteiger partial charge in [0.2, 0.25) is 5.16 Å². The van der Waals surface area contributed by atoms with E-state index in [-0.39, 0.29) is 0 Å². The van der Waals surface area contributed by atoms with E-state index in [1.807, 2.05) is 37.4 Å². The topological polar surface area (TPSA) is 55.6 Å². The van der Waals surface area contributed by atoms with Crippen molar-refractivity contribution in [2.24, 2.45) is 0 Å². The van der Waals surface area contributed by atoms with Crippen LogP contribution in [0.25, 0.3) is 5.69 Å². The van der Waals surface area contributed by atoms with Crippen LogP contribution in [0.5, 0.6) is 0 Å². The summed E-state index contributed by atoms with van der Waals surface area (Å²) >= 11 is 1.69. The molecule has 0 saturated heterocycles. The molecule has 6 heteroatoms. The Bertz CT molecular complexity index is 495. The number of hydrogen-bond acceptors (Lipinski definition) is 5. The quantitative estimate of drug-likeness (QED) is 0.820. The zero-order valence-corrected chi connectivity index (χ0v) is 12.3. The van der Waals surface area contributed by atoms with Gasteiger partial charge in [-0.15, -0.1) is 5.10 Å². The molecule has 0 aliphatic heterocycles. The SMILES string of the molecule is CCC(NC)C(C)Sc1nnnn1-c1ccccc1. The summed E-state index contributed by atoms with van der Waals surface area (Å²) in [5.74, 6) is 0. The van der Waals surface area contributed by atoms with Crippen molar-refractivity contribution in [3.05, 3.63) is 30.3 Å². The minimum Gasteiger partial charge on any atom is -0.316 e. The van der Waals surface area contributed by atoms with Crippen LogP contribution in [0.4, 0.5) is 0 Å². The molecule has 19 heavy (non-hydrogen) atoms. The Balaban J connectivity index is 2.17. The lowest BCUT2D eigenvalue weighted by molar-refractivity contribution is 0.540. The molecule has 0 spiro atoms. The molecule has 0 fully saturated rings. The van der Waals surface area contributed by atoms with Crippen LogP contribution >= 0.6 is 11.8 Å². The number of thioether (sulfide) groups is 1. The van der Waals surface area contributed by atoms with Crippen LogP contribution in [-0.2, 0) is 0 Å². The van der Waals surface area contributed by atoms with Crippen molar-refractivity contribution in [3.8, 4) is 5.69 Å². The van der Waals surface area contributed by atoms with Crippen molar-refractivity contribution in [2.75, 3.05) is 7.05 Å². The molecule has 2 unspecified atom stereocenters. The van der Waals surface area contributed by atoms with E-state index < -0.39 is 0 Å². The molecule has 2 rings (SSSR count). The normalized spacial score (nSPS) is 14.3. The number of benzene rings is 1. The molecule has 1 N–H and O–H groups in total. The fourth-order valence-electron chi connectivity index (χ4n) is 2.00. The van der Waals surface area contributed by atoms with E-state index >= 15 is 0 Å². The Morgan fingerprint density at radius 3 is 2.68 bits per heavy atom. The molecule has 0 aliphatic rings. The van der Waals surface area contributed by atoms with Crippen LogP contribution < -0.4 is 5.32 Å². The molecule has 0 saturated carbocycles. The average molecular weight is 277 g/mol. The molecule has 1 aromatic carbocycles. The van der Waals surface area contributed by atoms with Crippen LogP contribution in [0.3, 0.4) is 0 Å². The predicted octanol–water partition coefficient (Wildman–Crippen LogP) is 2.14. The first kappa shape index (κ1) is 14.0. The van der Waals surface area contributed by atoms with E-state index in [0.29, 0.717) is 11.3 Å². The van der Waals surface area contributed by atoms with E-state index in [2.05, 4.69) is 34.7 Å². The Hall–Kier alpha value is -1.40. The molecular weight excluding hydrogens is 258 g/mol. The fourth-order valence-corrected chi connectivity index (χ4v) is 3.15. The van der Waals surface area contributed by atoms with Crippen molar-refractivity contribution in [3.63, 3.8) is 0 Å². The van der Waals surface area contributed by atoms with Gasteiger partial charge in [-0.05, 0) is 36.0 Å². The minimum absolute atomic E-state index is 0.406. The zero-order valence-electron chi connectivity index (χ0n) is 11.4. The van der Waals surface area contributed by atoms with Crippen LogP contribution in [0.1, 0.15) is 20.3 Å². The molecule has 102 valence electrons. The van der Waals surface area contributed by atoms with Crippen molar-refractivity contribution >= 4 is 11.8 Å². The highest BCUT2D eigenvalue weighted by molar-refractivity contribution is 7.99. The van der Waals surface area contributed by atoms with Gasteiger partial charge in [0.1, 0.15) is 0 Å². The van der Waals surface area contributed by atoms with Gasteiger partial charge >= 0.3 is 0 Å². The second-order valence-electron chi connectivity index (χ2n) is 4.34. The summed E-state index contributed by atoms with van der Waals surface area (Å²) < 4.78 is 1.78. The van der Waals surface area contributed by atoms with Gasteiger partial charge < -0.3 is 5.32 Å². The summed E-state index contributed by atoms with van der Waals surface area (Å²) in [6.45, 7) is 4.37. The van der Waals surface area contributed by atoms with Crippen molar-refractivity contribution in [1.29, 1.82) is 0 Å². The number of hydrogen-bond donors (Lipinski definition) is 1. The highest BCUT2D eigenvalue weighted by atomic mass is 32.2. The highest BCUT2D eigenvalue weighted by Gasteiger charge is 2.18.